The van der Waals surface area contributed by atoms with Gasteiger partial charge < -0.3 is 19.5 Å². The molecule has 9 nitrogen and oxygen atoms in total. The Kier molecular flexibility index (Phi) is 5.62. The number of likely N-dealkylation sites (tertiary alicyclic amines) is 1. The number of amides is 1. The van der Waals surface area contributed by atoms with Crippen LogP contribution in [0.15, 0.2) is 35.1 Å². The number of piperidine rings is 1. The number of aromatic nitrogens is 2. The van der Waals surface area contributed by atoms with Gasteiger partial charge in [0.25, 0.3) is 11.5 Å². The van der Waals surface area contributed by atoms with Crippen molar-refractivity contribution in [2.24, 2.45) is 5.92 Å². The molecule has 0 atom stereocenters. The summed E-state index contributed by atoms with van der Waals surface area (Å²) in [6.45, 7) is 0.654. The lowest BCUT2D eigenvalue weighted by molar-refractivity contribution is -0.146. The van der Waals surface area contributed by atoms with E-state index in [4.69, 9.17) is 9.47 Å². The molecule has 0 spiro atoms. The number of esters is 1. The monoisotopic (exact) mass is 387 g/mol. The van der Waals surface area contributed by atoms with Gasteiger partial charge in [0, 0.05) is 19.2 Å². The van der Waals surface area contributed by atoms with Crippen LogP contribution in [0, 0.1) is 5.92 Å². The first-order valence-corrected chi connectivity index (χ1v) is 8.80. The first-order valence-electron chi connectivity index (χ1n) is 8.80. The van der Waals surface area contributed by atoms with E-state index in [0.29, 0.717) is 37.4 Å². The third-order valence-corrected chi connectivity index (χ3v) is 4.74. The van der Waals surface area contributed by atoms with Gasteiger partial charge in [0.05, 0.1) is 20.1 Å². The van der Waals surface area contributed by atoms with Crippen molar-refractivity contribution in [1.29, 1.82) is 0 Å². The molecule has 9 heteroatoms. The lowest BCUT2D eigenvalue weighted by atomic mass is 9.97. The van der Waals surface area contributed by atoms with Crippen molar-refractivity contribution in [1.82, 2.24) is 14.7 Å². The van der Waals surface area contributed by atoms with Crippen LogP contribution in [-0.2, 0) is 9.53 Å². The van der Waals surface area contributed by atoms with E-state index in [1.54, 1.807) is 24.3 Å². The first kappa shape index (κ1) is 19.4. The number of benzene rings is 1. The molecule has 2 heterocycles. The number of para-hydroxylation sites is 2. The Hall–Kier alpha value is -3.36. The highest BCUT2D eigenvalue weighted by atomic mass is 16.5. The summed E-state index contributed by atoms with van der Waals surface area (Å²) in [4.78, 5) is 38.3. The van der Waals surface area contributed by atoms with Crippen molar-refractivity contribution in [3.63, 3.8) is 0 Å². The molecule has 1 N–H and O–H groups in total. The highest BCUT2D eigenvalue weighted by Gasteiger charge is 2.30. The average molecular weight is 387 g/mol. The smallest absolute Gasteiger partial charge is 0.308 e. The number of hydrogen-bond acceptors (Lipinski definition) is 7. The zero-order valence-corrected chi connectivity index (χ0v) is 15.6. The molecule has 1 aromatic carbocycles. The topological polar surface area (TPSA) is 111 Å². The first-order chi connectivity index (χ1) is 13.5. The van der Waals surface area contributed by atoms with Crippen molar-refractivity contribution < 1.29 is 24.2 Å². The van der Waals surface area contributed by atoms with Crippen LogP contribution in [0.25, 0.3) is 5.69 Å². The lowest BCUT2D eigenvalue weighted by Gasteiger charge is -2.30. The van der Waals surface area contributed by atoms with E-state index >= 15 is 0 Å². The minimum absolute atomic E-state index is 0.234. The Labute approximate surface area is 161 Å². The summed E-state index contributed by atoms with van der Waals surface area (Å²) in [5, 5.41) is 14.2. The highest BCUT2D eigenvalue weighted by Crippen LogP contribution is 2.24. The van der Waals surface area contributed by atoms with Gasteiger partial charge in [-0.15, -0.1) is 0 Å². The van der Waals surface area contributed by atoms with Crippen molar-refractivity contribution >= 4 is 11.9 Å². The molecule has 3 rings (SSSR count). The largest absolute Gasteiger partial charge is 0.505 e. The minimum Gasteiger partial charge on any atom is -0.505 e. The maximum atomic E-state index is 12.9. The van der Waals surface area contributed by atoms with Crippen LogP contribution in [0.1, 0.15) is 23.3 Å². The van der Waals surface area contributed by atoms with Gasteiger partial charge >= 0.3 is 5.97 Å². The number of aromatic hydroxyl groups is 1. The number of methoxy groups -OCH3 is 2. The minimum atomic E-state index is -0.594. The van der Waals surface area contributed by atoms with Crippen LogP contribution in [0.3, 0.4) is 0 Å². The Morgan fingerprint density at radius 2 is 1.86 bits per heavy atom. The van der Waals surface area contributed by atoms with E-state index in [1.807, 2.05) is 0 Å². The van der Waals surface area contributed by atoms with Gasteiger partial charge in [0.2, 0.25) is 0 Å². The van der Waals surface area contributed by atoms with Crippen LogP contribution < -0.4 is 10.3 Å². The second-order valence-electron chi connectivity index (χ2n) is 6.39. The van der Waals surface area contributed by atoms with Gasteiger partial charge in [-0.25, -0.2) is 0 Å². The van der Waals surface area contributed by atoms with E-state index in [-0.39, 0.29) is 17.6 Å². The van der Waals surface area contributed by atoms with Crippen LogP contribution in [0.4, 0.5) is 0 Å². The molecule has 28 heavy (non-hydrogen) atoms. The van der Waals surface area contributed by atoms with Gasteiger partial charge in [-0.2, -0.15) is 9.78 Å². The average Bonchev–Trinajstić information content (AvgIpc) is 2.73. The standard InChI is InChI=1S/C19H21N3O6/c1-27-15-6-4-3-5-13(15)22-16(24)11-14(23)17(20-22)18(25)21-9-7-12(8-10-21)19(26)28-2/h3-6,11-12,23H,7-10H2,1-2H3. The van der Waals surface area contributed by atoms with Crippen LogP contribution in [-0.4, -0.2) is 59.0 Å². The molecule has 148 valence electrons. The summed E-state index contributed by atoms with van der Waals surface area (Å²) in [6, 6.07) is 7.69. The van der Waals surface area contributed by atoms with Crippen molar-refractivity contribution in [2.75, 3.05) is 27.3 Å². The lowest BCUT2D eigenvalue weighted by Crippen LogP contribution is -2.41. The fraction of sp³-hybridized carbons (Fsp3) is 0.368. The summed E-state index contributed by atoms with van der Waals surface area (Å²) in [7, 11) is 2.80. The number of carbonyl (C=O) groups excluding carboxylic acids is 2. The van der Waals surface area contributed by atoms with Crippen LogP contribution in [0.5, 0.6) is 11.5 Å². The predicted molar refractivity (Wildman–Crippen MR) is 98.7 cm³/mol. The molecule has 1 aliphatic heterocycles. The molecule has 1 amide bonds. The highest BCUT2D eigenvalue weighted by molar-refractivity contribution is 5.94. The van der Waals surface area contributed by atoms with Crippen LogP contribution in [0.2, 0.25) is 0 Å². The zero-order chi connectivity index (χ0) is 20.3. The van der Waals surface area contributed by atoms with Gasteiger partial charge in [0.1, 0.15) is 11.4 Å². The van der Waals surface area contributed by atoms with Crippen molar-refractivity contribution in [2.45, 2.75) is 12.8 Å². The van der Waals surface area contributed by atoms with Crippen molar-refractivity contribution in [3.05, 3.63) is 46.4 Å². The number of nitrogens with zero attached hydrogens (tertiary/aromatic N) is 3. The van der Waals surface area contributed by atoms with E-state index in [1.165, 1.54) is 19.1 Å². The second-order valence-corrected chi connectivity index (χ2v) is 6.39. The van der Waals surface area contributed by atoms with E-state index < -0.39 is 17.2 Å². The molecule has 0 aliphatic carbocycles. The molecular formula is C19H21N3O6. The Morgan fingerprint density at radius 1 is 1.18 bits per heavy atom. The van der Waals surface area contributed by atoms with E-state index in [0.717, 1.165) is 10.7 Å². The second kappa shape index (κ2) is 8.12. The van der Waals surface area contributed by atoms with Crippen LogP contribution >= 0.6 is 0 Å². The summed E-state index contributed by atoms with van der Waals surface area (Å²) in [5.74, 6) is -1.14. The van der Waals surface area contributed by atoms with Gasteiger partial charge in [-0.3, -0.25) is 14.4 Å². The molecule has 1 fully saturated rings. The van der Waals surface area contributed by atoms with Gasteiger partial charge in [-0.1, -0.05) is 12.1 Å². The van der Waals surface area contributed by atoms with Crippen molar-refractivity contribution in [3.8, 4) is 17.2 Å². The quantitative estimate of drug-likeness (QED) is 0.778. The predicted octanol–water partition coefficient (Wildman–Crippen LogP) is 0.972. The Balaban J connectivity index is 1.90. The maximum absolute atomic E-state index is 12.9. The summed E-state index contributed by atoms with van der Waals surface area (Å²) < 4.78 is 11.0. The summed E-state index contributed by atoms with van der Waals surface area (Å²) >= 11 is 0. The number of carbonyl (C=O) groups is 2. The molecule has 1 aliphatic rings. The fourth-order valence-electron chi connectivity index (χ4n) is 3.21. The maximum Gasteiger partial charge on any atom is 0.308 e. The number of rotatable bonds is 4. The summed E-state index contributed by atoms with van der Waals surface area (Å²) in [5.41, 5.74) is -0.474. The molecule has 0 bridgehead atoms. The molecule has 0 unspecified atom stereocenters. The fourth-order valence-corrected chi connectivity index (χ4v) is 3.21. The molecule has 0 radical (unpaired) electrons. The summed E-state index contributed by atoms with van der Waals surface area (Å²) in [6.07, 6.45) is 0.927. The molecule has 2 aromatic rings. The number of hydrogen-bond donors (Lipinski definition) is 1. The molecule has 0 saturated carbocycles. The molecule has 1 saturated heterocycles. The Morgan fingerprint density at radius 3 is 2.50 bits per heavy atom. The zero-order valence-electron chi connectivity index (χ0n) is 15.6. The SMILES string of the molecule is COC(=O)C1CCN(C(=O)c2nn(-c3ccccc3OC)c(=O)cc2O)CC1. The van der Waals surface area contributed by atoms with E-state index in [9.17, 15) is 19.5 Å². The van der Waals surface area contributed by atoms with Gasteiger partial charge in [0.15, 0.2) is 11.4 Å². The third-order valence-electron chi connectivity index (χ3n) is 4.74. The van der Waals surface area contributed by atoms with Gasteiger partial charge in [-0.05, 0) is 25.0 Å². The molecule has 1 aromatic heterocycles. The van der Waals surface area contributed by atoms with E-state index in [2.05, 4.69) is 5.10 Å². The Bertz CT molecular complexity index is 947. The normalized spacial score (nSPS) is 14.6. The third kappa shape index (κ3) is 3.68. The number of ether oxygens (including phenoxy) is 2. The molecular weight excluding hydrogens is 366 g/mol.